The number of hydrogen-bond donors (Lipinski definition) is 3. The summed E-state index contributed by atoms with van der Waals surface area (Å²) in [5.41, 5.74) is 7.40. The average Bonchev–Trinajstić information content (AvgIpc) is 2.47. The van der Waals surface area contributed by atoms with Gasteiger partial charge in [-0.05, 0) is 24.3 Å². The van der Waals surface area contributed by atoms with E-state index in [0.717, 1.165) is 31.7 Å². The van der Waals surface area contributed by atoms with Gasteiger partial charge in [0.25, 0.3) is 5.56 Å². The average molecular weight is 271 g/mol. The van der Waals surface area contributed by atoms with Crippen molar-refractivity contribution in [1.82, 2.24) is 15.3 Å². The minimum atomic E-state index is -0.237. The first-order valence-corrected chi connectivity index (χ1v) is 6.65. The Kier molecular flexibility index (Phi) is 3.39. The molecule has 1 fully saturated rings. The number of piperazine rings is 1. The smallest absolute Gasteiger partial charge is 0.253 e. The van der Waals surface area contributed by atoms with Gasteiger partial charge in [0.05, 0.1) is 0 Å². The van der Waals surface area contributed by atoms with Crippen LogP contribution in [0.15, 0.2) is 35.1 Å². The Bertz CT molecular complexity index is 643. The minimum absolute atomic E-state index is 0.231. The molecule has 1 aromatic heterocycles. The van der Waals surface area contributed by atoms with Crippen molar-refractivity contribution in [2.75, 3.05) is 36.8 Å². The van der Waals surface area contributed by atoms with Crippen LogP contribution in [0.25, 0.3) is 11.4 Å². The molecule has 0 bridgehead atoms. The van der Waals surface area contributed by atoms with E-state index >= 15 is 0 Å². The van der Waals surface area contributed by atoms with Gasteiger partial charge in [-0.15, -0.1) is 0 Å². The van der Waals surface area contributed by atoms with E-state index < -0.39 is 0 Å². The van der Waals surface area contributed by atoms with Gasteiger partial charge in [0.1, 0.15) is 11.6 Å². The largest absolute Gasteiger partial charge is 0.383 e. The maximum atomic E-state index is 11.4. The molecule has 1 aromatic carbocycles. The normalized spacial score (nSPS) is 15.3. The zero-order chi connectivity index (χ0) is 13.9. The Morgan fingerprint density at radius 1 is 1.15 bits per heavy atom. The maximum Gasteiger partial charge on any atom is 0.253 e. The Hall–Kier alpha value is -2.34. The first-order chi connectivity index (χ1) is 9.72. The number of aromatic amines is 1. The van der Waals surface area contributed by atoms with Gasteiger partial charge < -0.3 is 20.9 Å². The number of anilines is 2. The molecule has 4 N–H and O–H groups in total. The molecule has 3 rings (SSSR count). The highest BCUT2D eigenvalue weighted by atomic mass is 16.1. The second-order valence-corrected chi connectivity index (χ2v) is 4.80. The van der Waals surface area contributed by atoms with Crippen LogP contribution < -0.4 is 21.5 Å². The van der Waals surface area contributed by atoms with Gasteiger partial charge in [-0.25, -0.2) is 4.98 Å². The van der Waals surface area contributed by atoms with Crippen molar-refractivity contribution >= 4 is 11.5 Å². The third kappa shape index (κ3) is 2.65. The number of hydrogen-bond acceptors (Lipinski definition) is 5. The fourth-order valence-corrected chi connectivity index (χ4v) is 2.37. The fraction of sp³-hybridized carbons (Fsp3) is 0.286. The number of H-pyrrole nitrogens is 1. The molecule has 104 valence electrons. The predicted molar refractivity (Wildman–Crippen MR) is 79.8 cm³/mol. The molecular formula is C14H17N5O. The van der Waals surface area contributed by atoms with E-state index in [-0.39, 0.29) is 11.4 Å². The van der Waals surface area contributed by atoms with Gasteiger partial charge in [0.15, 0.2) is 0 Å². The number of benzene rings is 1. The monoisotopic (exact) mass is 271 g/mol. The highest BCUT2D eigenvalue weighted by molar-refractivity contribution is 5.61. The third-order valence-electron chi connectivity index (χ3n) is 3.38. The van der Waals surface area contributed by atoms with Crippen molar-refractivity contribution in [3.05, 3.63) is 40.7 Å². The first-order valence-electron chi connectivity index (χ1n) is 6.65. The van der Waals surface area contributed by atoms with Crippen LogP contribution >= 0.6 is 0 Å². The van der Waals surface area contributed by atoms with Gasteiger partial charge in [-0.2, -0.15) is 0 Å². The van der Waals surface area contributed by atoms with Gasteiger partial charge >= 0.3 is 0 Å². The molecule has 6 nitrogen and oxygen atoms in total. The summed E-state index contributed by atoms with van der Waals surface area (Å²) in [5, 5.41) is 3.33. The van der Waals surface area contributed by atoms with E-state index in [1.807, 2.05) is 24.3 Å². The first kappa shape index (κ1) is 12.7. The lowest BCUT2D eigenvalue weighted by Crippen LogP contribution is -2.43. The Balaban J connectivity index is 1.86. The second-order valence-electron chi connectivity index (χ2n) is 4.80. The molecule has 1 saturated heterocycles. The summed E-state index contributed by atoms with van der Waals surface area (Å²) < 4.78 is 0. The number of nitrogens with zero attached hydrogens (tertiary/aromatic N) is 2. The van der Waals surface area contributed by atoms with Crippen molar-refractivity contribution in [2.24, 2.45) is 0 Å². The van der Waals surface area contributed by atoms with Crippen LogP contribution in [0, 0.1) is 0 Å². The quantitative estimate of drug-likeness (QED) is 0.737. The molecule has 2 aromatic rings. The maximum absolute atomic E-state index is 11.4. The lowest BCUT2D eigenvalue weighted by atomic mass is 10.1. The molecule has 1 aliphatic rings. The van der Waals surface area contributed by atoms with Crippen LogP contribution in [0.2, 0.25) is 0 Å². The van der Waals surface area contributed by atoms with Crippen LogP contribution in [0.1, 0.15) is 0 Å². The number of aromatic nitrogens is 2. The van der Waals surface area contributed by atoms with E-state index in [0.29, 0.717) is 5.82 Å². The number of rotatable bonds is 2. The topological polar surface area (TPSA) is 87.0 Å². The highest BCUT2D eigenvalue weighted by Crippen LogP contribution is 2.20. The van der Waals surface area contributed by atoms with Gasteiger partial charge in [-0.3, -0.25) is 4.79 Å². The van der Waals surface area contributed by atoms with Crippen molar-refractivity contribution in [2.45, 2.75) is 0 Å². The van der Waals surface area contributed by atoms with E-state index in [2.05, 4.69) is 20.2 Å². The van der Waals surface area contributed by atoms with Crippen LogP contribution in [0.4, 0.5) is 11.5 Å². The summed E-state index contributed by atoms with van der Waals surface area (Å²) >= 11 is 0. The summed E-state index contributed by atoms with van der Waals surface area (Å²) in [6, 6.07) is 9.27. The molecule has 0 aliphatic carbocycles. The molecule has 0 spiro atoms. The minimum Gasteiger partial charge on any atom is -0.383 e. The standard InChI is InChI=1S/C14H17N5O/c15-12-9-13(20)18-14(17-12)10-1-3-11(4-2-10)19-7-5-16-6-8-19/h1-4,9,16H,5-8H2,(H3,15,17,18,20). The lowest BCUT2D eigenvalue weighted by molar-refractivity contribution is 0.589. The SMILES string of the molecule is Nc1cc(=O)[nH]c(-c2ccc(N3CCNCC3)cc2)n1. The summed E-state index contributed by atoms with van der Waals surface area (Å²) in [5.74, 6) is 0.733. The van der Waals surface area contributed by atoms with Crippen LogP contribution in [0.5, 0.6) is 0 Å². The van der Waals surface area contributed by atoms with Gasteiger partial charge in [-0.1, -0.05) is 0 Å². The number of nitrogen functional groups attached to an aromatic ring is 1. The summed E-state index contributed by atoms with van der Waals surface area (Å²) in [6.45, 7) is 4.02. The zero-order valence-corrected chi connectivity index (χ0v) is 11.1. The van der Waals surface area contributed by atoms with E-state index in [9.17, 15) is 4.79 Å². The molecule has 0 unspecified atom stereocenters. The molecule has 6 heteroatoms. The van der Waals surface area contributed by atoms with Crippen LogP contribution in [-0.2, 0) is 0 Å². The third-order valence-corrected chi connectivity index (χ3v) is 3.38. The van der Waals surface area contributed by atoms with E-state index in [4.69, 9.17) is 5.73 Å². The fourth-order valence-electron chi connectivity index (χ4n) is 2.37. The second kappa shape index (κ2) is 5.34. The molecule has 0 radical (unpaired) electrons. The number of nitrogens with two attached hydrogens (primary N) is 1. The molecule has 0 atom stereocenters. The van der Waals surface area contributed by atoms with Crippen LogP contribution in [-0.4, -0.2) is 36.1 Å². The van der Waals surface area contributed by atoms with E-state index in [1.165, 1.54) is 11.8 Å². The lowest BCUT2D eigenvalue weighted by Gasteiger charge is -2.29. The Morgan fingerprint density at radius 3 is 2.50 bits per heavy atom. The van der Waals surface area contributed by atoms with Crippen molar-refractivity contribution in [3.63, 3.8) is 0 Å². The summed E-state index contributed by atoms with van der Waals surface area (Å²) in [6.07, 6.45) is 0. The van der Waals surface area contributed by atoms with Gasteiger partial charge in [0, 0.05) is 43.5 Å². The zero-order valence-electron chi connectivity index (χ0n) is 11.1. The highest BCUT2D eigenvalue weighted by Gasteiger charge is 2.10. The molecule has 0 saturated carbocycles. The van der Waals surface area contributed by atoms with Crippen molar-refractivity contribution in [1.29, 1.82) is 0 Å². The Labute approximate surface area is 116 Å². The summed E-state index contributed by atoms with van der Waals surface area (Å²) in [4.78, 5) is 20.6. The Morgan fingerprint density at radius 2 is 1.85 bits per heavy atom. The predicted octanol–water partition coefficient (Wildman–Crippen LogP) is 0.429. The molecular weight excluding hydrogens is 254 g/mol. The van der Waals surface area contributed by atoms with Gasteiger partial charge in [0.2, 0.25) is 0 Å². The van der Waals surface area contributed by atoms with Crippen molar-refractivity contribution < 1.29 is 0 Å². The van der Waals surface area contributed by atoms with Crippen LogP contribution in [0.3, 0.4) is 0 Å². The van der Waals surface area contributed by atoms with E-state index in [1.54, 1.807) is 0 Å². The molecule has 2 heterocycles. The summed E-state index contributed by atoms with van der Waals surface area (Å²) in [7, 11) is 0. The molecule has 20 heavy (non-hydrogen) atoms. The number of nitrogens with one attached hydrogen (secondary N) is 2. The molecule has 1 aliphatic heterocycles. The van der Waals surface area contributed by atoms with Crippen molar-refractivity contribution in [3.8, 4) is 11.4 Å². The molecule has 0 amide bonds.